The molecule has 2 aromatic rings. The van der Waals surface area contributed by atoms with Crippen LogP contribution in [0.4, 0.5) is 4.39 Å². The van der Waals surface area contributed by atoms with Crippen LogP contribution in [0, 0.1) is 12.7 Å². The number of aliphatic imine (C=N–C) groups is 1. The van der Waals surface area contributed by atoms with Gasteiger partial charge in [0.25, 0.3) is 0 Å². The summed E-state index contributed by atoms with van der Waals surface area (Å²) >= 11 is 1.94. The minimum absolute atomic E-state index is 0.257. The highest BCUT2D eigenvalue weighted by Gasteiger charge is 2.24. The zero-order chi connectivity index (χ0) is 18.5. The van der Waals surface area contributed by atoms with Gasteiger partial charge in [0, 0.05) is 37.3 Å². The minimum Gasteiger partial charge on any atom is -0.354 e. The van der Waals surface area contributed by atoms with Crippen molar-refractivity contribution in [2.24, 2.45) is 4.99 Å². The molecule has 7 heteroatoms. The van der Waals surface area contributed by atoms with E-state index in [0.29, 0.717) is 18.3 Å². The molecule has 0 aliphatic heterocycles. The number of aromatic nitrogens is 2. The molecule has 3 rings (SSSR count). The molecule has 1 aromatic carbocycles. The maximum atomic E-state index is 14.5. The number of guanidine groups is 1. The van der Waals surface area contributed by atoms with Crippen LogP contribution in [0.3, 0.4) is 0 Å². The van der Waals surface area contributed by atoms with E-state index in [0.717, 1.165) is 29.0 Å². The molecule has 2 unspecified atom stereocenters. The Morgan fingerprint density at radius 3 is 2.88 bits per heavy atom. The van der Waals surface area contributed by atoms with Crippen molar-refractivity contribution in [3.8, 4) is 5.69 Å². The van der Waals surface area contributed by atoms with Gasteiger partial charge in [-0.1, -0.05) is 6.07 Å². The van der Waals surface area contributed by atoms with Gasteiger partial charge in [-0.05, 0) is 50.1 Å². The van der Waals surface area contributed by atoms with Crippen molar-refractivity contribution in [3.63, 3.8) is 0 Å². The van der Waals surface area contributed by atoms with Crippen molar-refractivity contribution in [2.75, 3.05) is 13.3 Å². The molecular formula is C19H26FN5S. The average molecular weight is 376 g/mol. The molecule has 140 valence electrons. The molecule has 1 heterocycles. The average Bonchev–Trinajstić information content (AvgIpc) is 3.27. The summed E-state index contributed by atoms with van der Waals surface area (Å²) in [6, 6.07) is 5.74. The van der Waals surface area contributed by atoms with Crippen LogP contribution in [-0.2, 0) is 6.54 Å². The standard InChI is InChI=1S/C19H26FN5S/c1-13-22-8-9-25(13)18-7-4-14(10-17(18)20)12-23-19(21-2)24-15-5-6-16(11-15)26-3/h4,7-10,15-16H,5-6,11-12H2,1-3H3,(H2,21,23,24). The molecule has 0 radical (unpaired) electrons. The molecule has 2 N–H and O–H groups in total. The Balaban J connectivity index is 1.59. The maximum absolute atomic E-state index is 14.5. The van der Waals surface area contributed by atoms with Crippen LogP contribution in [-0.4, -0.2) is 40.1 Å². The van der Waals surface area contributed by atoms with Gasteiger partial charge in [-0.2, -0.15) is 11.8 Å². The van der Waals surface area contributed by atoms with Gasteiger partial charge in [-0.25, -0.2) is 9.37 Å². The molecule has 1 fully saturated rings. The van der Waals surface area contributed by atoms with Crippen LogP contribution in [0.1, 0.15) is 30.7 Å². The maximum Gasteiger partial charge on any atom is 0.191 e. The van der Waals surface area contributed by atoms with Crippen molar-refractivity contribution in [1.82, 2.24) is 20.2 Å². The topological polar surface area (TPSA) is 54.2 Å². The third-order valence-corrected chi connectivity index (χ3v) is 5.93. The second-order valence-electron chi connectivity index (χ2n) is 6.57. The summed E-state index contributed by atoms with van der Waals surface area (Å²) in [6.45, 7) is 2.38. The van der Waals surface area contributed by atoms with Crippen LogP contribution in [0.25, 0.3) is 5.69 Å². The molecular weight excluding hydrogens is 349 g/mol. The zero-order valence-electron chi connectivity index (χ0n) is 15.5. The van der Waals surface area contributed by atoms with Crippen molar-refractivity contribution in [1.29, 1.82) is 0 Å². The van der Waals surface area contributed by atoms with Crippen LogP contribution < -0.4 is 10.6 Å². The normalized spacial score (nSPS) is 20.4. The molecule has 0 amide bonds. The third kappa shape index (κ3) is 4.38. The Morgan fingerprint density at radius 2 is 2.27 bits per heavy atom. The molecule has 0 bridgehead atoms. The van der Waals surface area contributed by atoms with Crippen LogP contribution >= 0.6 is 11.8 Å². The summed E-state index contributed by atoms with van der Waals surface area (Å²) in [4.78, 5) is 8.44. The highest BCUT2D eigenvalue weighted by Crippen LogP contribution is 2.28. The molecule has 1 aromatic heterocycles. The van der Waals surface area contributed by atoms with Gasteiger partial charge < -0.3 is 15.2 Å². The molecule has 26 heavy (non-hydrogen) atoms. The number of aryl methyl sites for hydroxylation is 1. The number of nitrogens with one attached hydrogen (secondary N) is 2. The highest BCUT2D eigenvalue weighted by atomic mass is 32.2. The van der Waals surface area contributed by atoms with E-state index in [1.54, 1.807) is 36.1 Å². The fourth-order valence-electron chi connectivity index (χ4n) is 3.35. The lowest BCUT2D eigenvalue weighted by Crippen LogP contribution is -2.42. The van der Waals surface area contributed by atoms with E-state index in [4.69, 9.17) is 0 Å². The summed E-state index contributed by atoms with van der Waals surface area (Å²) in [5.74, 6) is 1.28. The number of thioether (sulfide) groups is 1. The summed E-state index contributed by atoms with van der Waals surface area (Å²) in [6.07, 6.45) is 9.18. The number of halogens is 1. The van der Waals surface area contributed by atoms with Gasteiger partial charge in [0.2, 0.25) is 0 Å². The van der Waals surface area contributed by atoms with Crippen molar-refractivity contribution >= 4 is 17.7 Å². The summed E-state index contributed by atoms with van der Waals surface area (Å²) < 4.78 is 16.2. The van der Waals surface area contributed by atoms with Gasteiger partial charge in [0.05, 0.1) is 5.69 Å². The monoisotopic (exact) mass is 375 g/mol. The fraction of sp³-hybridized carbons (Fsp3) is 0.474. The number of rotatable bonds is 5. The van der Waals surface area contributed by atoms with Crippen LogP contribution in [0.5, 0.6) is 0 Å². The lowest BCUT2D eigenvalue weighted by molar-refractivity contribution is 0.607. The van der Waals surface area contributed by atoms with Crippen molar-refractivity contribution < 1.29 is 4.39 Å². The number of hydrogen-bond donors (Lipinski definition) is 2. The molecule has 1 saturated carbocycles. The molecule has 2 atom stereocenters. The van der Waals surface area contributed by atoms with E-state index in [1.165, 1.54) is 12.8 Å². The minimum atomic E-state index is -0.257. The Hall–Kier alpha value is -2.02. The zero-order valence-corrected chi connectivity index (χ0v) is 16.3. The smallest absolute Gasteiger partial charge is 0.191 e. The third-order valence-electron chi connectivity index (χ3n) is 4.84. The molecule has 5 nitrogen and oxygen atoms in total. The quantitative estimate of drug-likeness (QED) is 0.622. The first-order valence-electron chi connectivity index (χ1n) is 8.89. The Kier molecular flexibility index (Phi) is 6.19. The lowest BCUT2D eigenvalue weighted by atomic mass is 10.2. The summed E-state index contributed by atoms with van der Waals surface area (Å²) in [5.41, 5.74) is 1.39. The summed E-state index contributed by atoms with van der Waals surface area (Å²) in [5, 5.41) is 7.50. The Bertz CT molecular complexity index is 773. The highest BCUT2D eigenvalue weighted by molar-refractivity contribution is 7.99. The van der Waals surface area contributed by atoms with E-state index in [-0.39, 0.29) is 5.82 Å². The van der Waals surface area contributed by atoms with Crippen molar-refractivity contribution in [2.45, 2.75) is 44.0 Å². The van der Waals surface area contributed by atoms with E-state index in [2.05, 4.69) is 26.9 Å². The SMILES string of the molecule is CN=C(NCc1ccc(-n2ccnc2C)c(F)c1)NC1CCC(SC)C1. The largest absolute Gasteiger partial charge is 0.354 e. The van der Waals surface area contributed by atoms with Gasteiger partial charge in [-0.3, -0.25) is 4.99 Å². The first kappa shape index (κ1) is 18.8. The van der Waals surface area contributed by atoms with E-state index in [9.17, 15) is 4.39 Å². The number of nitrogens with zero attached hydrogens (tertiary/aromatic N) is 3. The van der Waals surface area contributed by atoms with E-state index in [1.807, 2.05) is 24.8 Å². The van der Waals surface area contributed by atoms with Crippen LogP contribution in [0.15, 0.2) is 35.6 Å². The Labute approximate surface area is 158 Å². The number of hydrogen-bond acceptors (Lipinski definition) is 3. The first-order valence-corrected chi connectivity index (χ1v) is 10.2. The first-order chi connectivity index (χ1) is 12.6. The number of benzene rings is 1. The fourth-order valence-corrected chi connectivity index (χ4v) is 4.14. The molecule has 1 aliphatic rings. The number of imidazole rings is 1. The van der Waals surface area contributed by atoms with E-state index >= 15 is 0 Å². The van der Waals surface area contributed by atoms with Crippen LogP contribution in [0.2, 0.25) is 0 Å². The van der Waals surface area contributed by atoms with Gasteiger partial charge in [0.15, 0.2) is 5.96 Å². The van der Waals surface area contributed by atoms with Gasteiger partial charge in [-0.15, -0.1) is 0 Å². The van der Waals surface area contributed by atoms with E-state index < -0.39 is 0 Å². The predicted molar refractivity (Wildman–Crippen MR) is 107 cm³/mol. The molecule has 0 spiro atoms. The molecule has 1 aliphatic carbocycles. The van der Waals surface area contributed by atoms with Gasteiger partial charge >= 0.3 is 0 Å². The Morgan fingerprint density at radius 1 is 1.42 bits per heavy atom. The predicted octanol–water partition coefficient (Wildman–Crippen LogP) is 3.27. The second kappa shape index (κ2) is 8.58. The lowest BCUT2D eigenvalue weighted by Gasteiger charge is -2.17. The molecule has 0 saturated heterocycles. The van der Waals surface area contributed by atoms with Crippen molar-refractivity contribution in [3.05, 3.63) is 47.8 Å². The van der Waals surface area contributed by atoms with Gasteiger partial charge in [0.1, 0.15) is 11.6 Å². The summed E-state index contributed by atoms with van der Waals surface area (Å²) in [7, 11) is 1.77. The second-order valence-corrected chi connectivity index (χ2v) is 7.71.